The Balaban J connectivity index is 0.00000144. The van der Waals surface area contributed by atoms with E-state index in [0.717, 1.165) is 5.56 Å². The molecule has 0 bridgehead atoms. The topological polar surface area (TPSA) is 12.0 Å². The molecule has 1 atom stereocenters. The second kappa shape index (κ2) is 5.20. The maximum atomic E-state index is 13.8. The van der Waals surface area contributed by atoms with Crippen LogP contribution in [0.3, 0.4) is 0 Å². The molecule has 0 spiro atoms. The number of halogens is 2. The average Bonchev–Trinajstić information content (AvgIpc) is 2.06. The Bertz CT molecular complexity index is 236. The predicted octanol–water partition coefficient (Wildman–Crippen LogP) is 2.51. The fraction of sp³-hybridized carbons (Fsp3) is 0.400. The van der Waals surface area contributed by atoms with Gasteiger partial charge in [0.05, 0.1) is 0 Å². The summed E-state index contributed by atoms with van der Waals surface area (Å²) in [5.41, 5.74) is -0.546. The van der Waals surface area contributed by atoms with E-state index in [1.807, 2.05) is 18.2 Å². The van der Waals surface area contributed by atoms with Gasteiger partial charge in [-0.2, -0.15) is 0 Å². The van der Waals surface area contributed by atoms with Gasteiger partial charge in [0.25, 0.3) is 0 Å². The van der Waals surface area contributed by atoms with Crippen molar-refractivity contribution < 1.29 is 4.39 Å². The minimum atomic E-state index is -1.27. The van der Waals surface area contributed by atoms with Crippen LogP contribution in [0.5, 0.6) is 0 Å². The molecule has 0 fully saturated rings. The van der Waals surface area contributed by atoms with Crippen molar-refractivity contribution in [1.82, 2.24) is 5.32 Å². The number of hydrogen-bond acceptors (Lipinski definition) is 1. The summed E-state index contributed by atoms with van der Waals surface area (Å²) in [5.74, 6) is 0. The van der Waals surface area contributed by atoms with Crippen LogP contribution in [0.4, 0.5) is 4.39 Å². The Morgan fingerprint density at radius 3 is 2.31 bits per heavy atom. The van der Waals surface area contributed by atoms with Gasteiger partial charge in [-0.25, -0.2) is 4.39 Å². The fourth-order valence-corrected chi connectivity index (χ4v) is 1.22. The van der Waals surface area contributed by atoms with Crippen molar-refractivity contribution in [3.05, 3.63) is 35.9 Å². The SMILES string of the molecule is CNCC(C)(F)c1ccccc1.Cl. The van der Waals surface area contributed by atoms with E-state index in [4.69, 9.17) is 0 Å². The zero-order valence-electron chi connectivity index (χ0n) is 7.88. The summed E-state index contributed by atoms with van der Waals surface area (Å²) >= 11 is 0. The molecule has 0 aromatic heterocycles. The number of benzene rings is 1. The maximum Gasteiger partial charge on any atom is 0.145 e. The van der Waals surface area contributed by atoms with E-state index in [2.05, 4.69) is 5.32 Å². The number of nitrogens with one attached hydrogen (secondary N) is 1. The average molecular weight is 204 g/mol. The highest BCUT2D eigenvalue weighted by molar-refractivity contribution is 5.85. The Hall–Kier alpha value is -0.600. The van der Waals surface area contributed by atoms with Crippen LogP contribution in [-0.4, -0.2) is 13.6 Å². The van der Waals surface area contributed by atoms with E-state index in [1.54, 1.807) is 26.1 Å². The van der Waals surface area contributed by atoms with Gasteiger partial charge in [0.15, 0.2) is 0 Å². The van der Waals surface area contributed by atoms with Gasteiger partial charge in [-0.15, -0.1) is 12.4 Å². The lowest BCUT2D eigenvalue weighted by Gasteiger charge is -2.19. The highest BCUT2D eigenvalue weighted by Crippen LogP contribution is 2.23. The van der Waals surface area contributed by atoms with Crippen LogP contribution < -0.4 is 5.32 Å². The molecule has 0 saturated carbocycles. The number of hydrogen-bond donors (Lipinski definition) is 1. The molecule has 1 aromatic carbocycles. The van der Waals surface area contributed by atoms with Crippen LogP contribution in [0.1, 0.15) is 12.5 Å². The van der Waals surface area contributed by atoms with Crippen molar-refractivity contribution in [2.45, 2.75) is 12.6 Å². The van der Waals surface area contributed by atoms with Crippen LogP contribution in [0, 0.1) is 0 Å². The smallest absolute Gasteiger partial charge is 0.145 e. The van der Waals surface area contributed by atoms with E-state index in [0.29, 0.717) is 6.54 Å². The fourth-order valence-electron chi connectivity index (χ4n) is 1.22. The first kappa shape index (κ1) is 12.4. The van der Waals surface area contributed by atoms with Crippen molar-refractivity contribution in [2.75, 3.05) is 13.6 Å². The molecule has 1 aromatic rings. The monoisotopic (exact) mass is 203 g/mol. The van der Waals surface area contributed by atoms with Crippen LogP contribution in [-0.2, 0) is 5.67 Å². The standard InChI is InChI=1S/C10H14FN.ClH/c1-10(11,8-12-2)9-6-4-3-5-7-9;/h3-7,12H,8H2,1-2H3;1H. The van der Waals surface area contributed by atoms with Gasteiger partial charge < -0.3 is 5.32 Å². The molecule has 1 N–H and O–H groups in total. The highest BCUT2D eigenvalue weighted by atomic mass is 35.5. The maximum absolute atomic E-state index is 13.8. The van der Waals surface area contributed by atoms with Crippen LogP contribution >= 0.6 is 12.4 Å². The lowest BCUT2D eigenvalue weighted by atomic mass is 9.98. The van der Waals surface area contributed by atoms with Gasteiger partial charge in [0, 0.05) is 6.54 Å². The van der Waals surface area contributed by atoms with E-state index in [9.17, 15) is 4.39 Å². The Labute approximate surface area is 84.8 Å². The van der Waals surface area contributed by atoms with Gasteiger partial charge in [-0.05, 0) is 19.5 Å². The lowest BCUT2D eigenvalue weighted by Crippen LogP contribution is -2.29. The van der Waals surface area contributed by atoms with Crippen LogP contribution in [0.25, 0.3) is 0 Å². The van der Waals surface area contributed by atoms with Crippen LogP contribution in [0.15, 0.2) is 30.3 Å². The molecule has 0 amide bonds. The van der Waals surface area contributed by atoms with Crippen molar-refractivity contribution in [2.24, 2.45) is 0 Å². The normalized spacial score (nSPS) is 14.4. The molecule has 0 aliphatic rings. The first-order valence-corrected chi connectivity index (χ1v) is 4.06. The second-order valence-corrected chi connectivity index (χ2v) is 3.09. The van der Waals surface area contributed by atoms with Gasteiger partial charge >= 0.3 is 0 Å². The molecular weight excluding hydrogens is 189 g/mol. The molecule has 1 nitrogen and oxygen atoms in total. The lowest BCUT2D eigenvalue weighted by molar-refractivity contribution is 0.191. The van der Waals surface area contributed by atoms with Crippen molar-refractivity contribution >= 4 is 12.4 Å². The summed E-state index contributed by atoms with van der Waals surface area (Å²) in [5, 5.41) is 2.83. The van der Waals surface area contributed by atoms with E-state index >= 15 is 0 Å². The molecule has 1 unspecified atom stereocenters. The third-order valence-corrected chi connectivity index (χ3v) is 1.88. The highest BCUT2D eigenvalue weighted by Gasteiger charge is 2.23. The Morgan fingerprint density at radius 2 is 1.85 bits per heavy atom. The molecular formula is C10H15ClFN. The second-order valence-electron chi connectivity index (χ2n) is 3.09. The summed E-state index contributed by atoms with van der Waals surface area (Å²) < 4.78 is 13.8. The first-order chi connectivity index (χ1) is 5.67. The van der Waals surface area contributed by atoms with E-state index in [1.165, 1.54) is 0 Å². The summed E-state index contributed by atoms with van der Waals surface area (Å²) in [4.78, 5) is 0. The third kappa shape index (κ3) is 3.33. The van der Waals surface area contributed by atoms with E-state index in [-0.39, 0.29) is 12.4 Å². The third-order valence-electron chi connectivity index (χ3n) is 1.88. The number of alkyl halides is 1. The molecule has 0 aliphatic heterocycles. The molecule has 0 radical (unpaired) electrons. The zero-order chi connectivity index (χ0) is 9.03. The summed E-state index contributed by atoms with van der Waals surface area (Å²) in [7, 11) is 1.75. The van der Waals surface area contributed by atoms with Crippen molar-refractivity contribution in [3.63, 3.8) is 0 Å². The van der Waals surface area contributed by atoms with Gasteiger partial charge in [0.1, 0.15) is 5.67 Å². The molecule has 1 rings (SSSR count). The predicted molar refractivity (Wildman–Crippen MR) is 56.1 cm³/mol. The summed E-state index contributed by atoms with van der Waals surface area (Å²) in [6, 6.07) is 9.19. The van der Waals surface area contributed by atoms with Crippen molar-refractivity contribution in [3.8, 4) is 0 Å². The zero-order valence-corrected chi connectivity index (χ0v) is 8.70. The number of likely N-dealkylation sites (N-methyl/N-ethyl adjacent to an activating group) is 1. The Morgan fingerprint density at radius 1 is 1.31 bits per heavy atom. The van der Waals surface area contributed by atoms with Gasteiger partial charge in [0.2, 0.25) is 0 Å². The first-order valence-electron chi connectivity index (χ1n) is 4.06. The van der Waals surface area contributed by atoms with E-state index < -0.39 is 5.67 Å². The van der Waals surface area contributed by atoms with Gasteiger partial charge in [-0.1, -0.05) is 30.3 Å². The Kier molecular flexibility index (Phi) is 4.96. The van der Waals surface area contributed by atoms with Crippen LogP contribution in [0.2, 0.25) is 0 Å². The molecule has 0 heterocycles. The molecule has 0 saturated heterocycles. The van der Waals surface area contributed by atoms with Gasteiger partial charge in [-0.3, -0.25) is 0 Å². The number of rotatable bonds is 3. The molecule has 3 heteroatoms. The molecule has 13 heavy (non-hydrogen) atoms. The molecule has 0 aliphatic carbocycles. The minimum absolute atomic E-state index is 0. The molecule has 74 valence electrons. The largest absolute Gasteiger partial charge is 0.316 e. The summed E-state index contributed by atoms with van der Waals surface area (Å²) in [6.45, 7) is 1.93. The quantitative estimate of drug-likeness (QED) is 0.796. The van der Waals surface area contributed by atoms with Crippen molar-refractivity contribution in [1.29, 1.82) is 0 Å². The minimum Gasteiger partial charge on any atom is -0.316 e. The summed E-state index contributed by atoms with van der Waals surface area (Å²) in [6.07, 6.45) is 0.